The van der Waals surface area contributed by atoms with Crippen LogP contribution in [0.25, 0.3) is 5.57 Å². The highest BCUT2D eigenvalue weighted by Crippen LogP contribution is 2.77. The molecule has 5 aliphatic rings. The molecule has 0 spiro atoms. The Morgan fingerprint density at radius 3 is 2.22 bits per heavy atom. The third-order valence-electron chi connectivity index (χ3n) is 15.0. The molecule has 0 amide bonds. The van der Waals surface area contributed by atoms with Crippen molar-refractivity contribution in [3.63, 3.8) is 0 Å². The quantitative estimate of drug-likeness (QED) is 0.245. The van der Waals surface area contributed by atoms with E-state index in [0.717, 1.165) is 37.7 Å². The van der Waals surface area contributed by atoms with Crippen LogP contribution in [0.5, 0.6) is 0 Å². The van der Waals surface area contributed by atoms with E-state index in [2.05, 4.69) is 65.0 Å². The van der Waals surface area contributed by atoms with Crippen molar-refractivity contribution in [2.45, 2.75) is 105 Å². The molecule has 3 nitrogen and oxygen atoms in total. The first-order valence-electron chi connectivity index (χ1n) is 17.6. The lowest BCUT2D eigenvalue weighted by atomic mass is 9.32. The van der Waals surface area contributed by atoms with Gasteiger partial charge in [0.25, 0.3) is 5.24 Å². The molecule has 2 aromatic rings. The Bertz CT molecular complexity index is 1510. The monoisotopic (exact) mass is 626 g/mol. The standard InChI is InChI=1S/C41H51ClO3/c1-37(2)30(28-13-15-29(16-14-28)35(42)43)19-22-38(3)33(37)20-23-40(5)34(38)18-17-31-32-12-9-21-41(32,25-24-39(31,40)4)36(44)45-26-27-10-7-6-8-11-27/h6-8,10-11,13-16,19,31-34H,9,12,17-18,20-26H2,1-5H3/t31?,32?,33?,34?,38?,39-,40?,41?/m1/s1. The average molecular weight is 627 g/mol. The maximum absolute atomic E-state index is 14.0. The van der Waals surface area contributed by atoms with Crippen LogP contribution in [0.4, 0.5) is 0 Å². The Labute approximate surface area is 275 Å². The van der Waals surface area contributed by atoms with Crippen molar-refractivity contribution in [1.82, 2.24) is 0 Å². The first-order chi connectivity index (χ1) is 21.4. The van der Waals surface area contributed by atoms with Crippen LogP contribution in [0.1, 0.15) is 120 Å². The first kappa shape index (κ1) is 31.2. The van der Waals surface area contributed by atoms with E-state index in [1.165, 1.54) is 43.2 Å². The van der Waals surface area contributed by atoms with Crippen molar-refractivity contribution in [1.29, 1.82) is 0 Å². The largest absolute Gasteiger partial charge is 0.460 e. The Hall–Kier alpha value is -2.39. The van der Waals surface area contributed by atoms with Crippen LogP contribution in [0.3, 0.4) is 0 Å². The first-order valence-corrected chi connectivity index (χ1v) is 18.0. The van der Waals surface area contributed by atoms with E-state index < -0.39 is 5.24 Å². The van der Waals surface area contributed by atoms with Crippen LogP contribution >= 0.6 is 11.6 Å². The Morgan fingerprint density at radius 2 is 1.51 bits per heavy atom. The molecule has 4 heteroatoms. The number of carbonyl (C=O) groups excluding carboxylic acids is 2. The van der Waals surface area contributed by atoms with Crippen molar-refractivity contribution < 1.29 is 14.3 Å². The van der Waals surface area contributed by atoms with Gasteiger partial charge in [0, 0.05) is 5.56 Å². The molecule has 45 heavy (non-hydrogen) atoms. The van der Waals surface area contributed by atoms with Crippen molar-refractivity contribution in [3.05, 3.63) is 77.4 Å². The van der Waals surface area contributed by atoms with Gasteiger partial charge in [0.15, 0.2) is 0 Å². The van der Waals surface area contributed by atoms with E-state index >= 15 is 0 Å². The van der Waals surface area contributed by atoms with E-state index in [4.69, 9.17) is 16.3 Å². The molecule has 5 aliphatic carbocycles. The van der Waals surface area contributed by atoms with Gasteiger partial charge >= 0.3 is 5.97 Å². The Balaban J connectivity index is 1.16. The van der Waals surface area contributed by atoms with Crippen LogP contribution in [0.15, 0.2) is 60.7 Å². The smallest absolute Gasteiger partial charge is 0.312 e. The minimum atomic E-state index is -0.400. The molecule has 4 fully saturated rings. The molecule has 0 N–H and O–H groups in total. The number of halogens is 1. The van der Waals surface area contributed by atoms with E-state index in [9.17, 15) is 9.59 Å². The number of allylic oxidation sites excluding steroid dienone is 2. The summed E-state index contributed by atoms with van der Waals surface area (Å²) in [6.07, 6.45) is 14.1. The highest BCUT2D eigenvalue weighted by atomic mass is 35.5. The molecular weight excluding hydrogens is 576 g/mol. The number of fused-ring (bicyclic) bond motifs is 7. The number of hydrogen-bond acceptors (Lipinski definition) is 3. The average Bonchev–Trinajstić information content (AvgIpc) is 3.46. The van der Waals surface area contributed by atoms with Crippen LogP contribution in [-0.4, -0.2) is 11.2 Å². The molecule has 0 radical (unpaired) electrons. The zero-order chi connectivity index (χ0) is 31.8. The fourth-order valence-corrected chi connectivity index (χ4v) is 12.8. The summed E-state index contributed by atoms with van der Waals surface area (Å²) in [5.74, 6) is 2.37. The summed E-state index contributed by atoms with van der Waals surface area (Å²) in [5.41, 5.74) is 4.74. The van der Waals surface area contributed by atoms with Gasteiger partial charge in [-0.15, -0.1) is 0 Å². The fourth-order valence-electron chi connectivity index (χ4n) is 12.7. The topological polar surface area (TPSA) is 43.4 Å². The molecule has 0 aliphatic heterocycles. The van der Waals surface area contributed by atoms with E-state index in [-0.39, 0.29) is 33.0 Å². The van der Waals surface area contributed by atoms with Gasteiger partial charge < -0.3 is 4.74 Å². The van der Waals surface area contributed by atoms with Gasteiger partial charge in [0.2, 0.25) is 0 Å². The molecule has 7 rings (SSSR count). The molecule has 4 saturated carbocycles. The number of hydrogen-bond donors (Lipinski definition) is 0. The number of ether oxygens (including phenoxy) is 1. The molecule has 7 unspecified atom stereocenters. The van der Waals surface area contributed by atoms with Crippen LogP contribution in [0, 0.1) is 50.7 Å². The Morgan fingerprint density at radius 1 is 0.778 bits per heavy atom. The van der Waals surface area contributed by atoms with E-state index in [0.29, 0.717) is 35.8 Å². The van der Waals surface area contributed by atoms with Crippen molar-refractivity contribution >= 4 is 28.4 Å². The van der Waals surface area contributed by atoms with Crippen molar-refractivity contribution in [2.24, 2.45) is 50.7 Å². The Kier molecular flexibility index (Phi) is 7.51. The predicted molar refractivity (Wildman–Crippen MR) is 182 cm³/mol. The zero-order valence-corrected chi connectivity index (χ0v) is 28.7. The van der Waals surface area contributed by atoms with Crippen molar-refractivity contribution in [3.8, 4) is 0 Å². The highest BCUT2D eigenvalue weighted by Gasteiger charge is 2.70. The lowest BCUT2D eigenvalue weighted by Crippen LogP contribution is -2.65. The summed E-state index contributed by atoms with van der Waals surface area (Å²) >= 11 is 5.76. The highest BCUT2D eigenvalue weighted by molar-refractivity contribution is 6.67. The summed E-state index contributed by atoms with van der Waals surface area (Å²) in [5, 5.41) is -0.400. The number of carbonyl (C=O) groups is 2. The van der Waals surface area contributed by atoms with Crippen LogP contribution in [-0.2, 0) is 16.1 Å². The molecule has 0 saturated heterocycles. The molecule has 240 valence electrons. The lowest BCUT2D eigenvalue weighted by Gasteiger charge is -2.72. The number of rotatable bonds is 5. The lowest BCUT2D eigenvalue weighted by molar-refractivity contribution is -0.226. The minimum absolute atomic E-state index is 0.0360. The van der Waals surface area contributed by atoms with E-state index in [1.54, 1.807) is 0 Å². The second-order valence-corrected chi connectivity index (χ2v) is 17.1. The second-order valence-electron chi connectivity index (χ2n) is 16.8. The van der Waals surface area contributed by atoms with Gasteiger partial charge in [0.1, 0.15) is 6.61 Å². The van der Waals surface area contributed by atoms with Gasteiger partial charge in [-0.2, -0.15) is 0 Å². The predicted octanol–water partition coefficient (Wildman–Crippen LogP) is 10.7. The van der Waals surface area contributed by atoms with Crippen LogP contribution < -0.4 is 0 Å². The SMILES string of the molecule is CC1(C)C(c2ccc(C(=O)Cl)cc2)=CCC2(C)C1CCC1(C)C2CCC2C3CCCC3(C(=O)OCc3ccccc3)CC[C@]21C. The maximum atomic E-state index is 14.0. The molecule has 0 aromatic heterocycles. The molecular formula is C41H51ClO3. The van der Waals surface area contributed by atoms with Gasteiger partial charge in [-0.25, -0.2) is 0 Å². The van der Waals surface area contributed by atoms with Gasteiger partial charge in [-0.05, 0) is 144 Å². The normalized spacial score (nSPS) is 39.8. The summed E-state index contributed by atoms with van der Waals surface area (Å²) in [4.78, 5) is 25.7. The second kappa shape index (κ2) is 10.8. The number of esters is 1. The maximum Gasteiger partial charge on any atom is 0.312 e. The molecule has 0 heterocycles. The van der Waals surface area contributed by atoms with Crippen LogP contribution in [0.2, 0.25) is 0 Å². The summed E-state index contributed by atoms with van der Waals surface area (Å²) in [6.45, 7) is 13.2. The summed E-state index contributed by atoms with van der Waals surface area (Å²) < 4.78 is 6.12. The molecule has 2 aromatic carbocycles. The molecule has 0 bridgehead atoms. The minimum Gasteiger partial charge on any atom is -0.460 e. The van der Waals surface area contributed by atoms with E-state index in [1.807, 2.05) is 30.3 Å². The fraction of sp³-hybridized carbons (Fsp3) is 0.610. The third kappa shape index (κ3) is 4.49. The van der Waals surface area contributed by atoms with Gasteiger partial charge in [-0.1, -0.05) is 89.6 Å². The zero-order valence-electron chi connectivity index (χ0n) is 28.0. The summed E-state index contributed by atoms with van der Waals surface area (Å²) in [6, 6.07) is 18.1. The van der Waals surface area contributed by atoms with Gasteiger partial charge in [0.05, 0.1) is 5.41 Å². The molecule has 8 atom stereocenters. The summed E-state index contributed by atoms with van der Waals surface area (Å²) in [7, 11) is 0. The third-order valence-corrected chi connectivity index (χ3v) is 15.2. The van der Waals surface area contributed by atoms with Gasteiger partial charge in [-0.3, -0.25) is 9.59 Å². The number of benzene rings is 2. The van der Waals surface area contributed by atoms with Crippen molar-refractivity contribution in [2.75, 3.05) is 0 Å².